The molecule has 7 heteroatoms. The monoisotopic (exact) mass is 371 g/mol. The van der Waals surface area contributed by atoms with Gasteiger partial charge in [-0.05, 0) is 23.8 Å². The van der Waals surface area contributed by atoms with Crippen LogP contribution in [0, 0.1) is 0 Å². The third-order valence-electron chi connectivity index (χ3n) is 4.09. The summed E-state index contributed by atoms with van der Waals surface area (Å²) >= 11 is 0. The lowest BCUT2D eigenvalue weighted by atomic mass is 10.1. The number of nitrogens with one attached hydrogen (secondary N) is 2. The molecule has 0 unspecified atom stereocenters. The van der Waals surface area contributed by atoms with Gasteiger partial charge >= 0.3 is 11.8 Å². The quantitative estimate of drug-likeness (QED) is 0.637. The number of aliphatic hydroxyl groups excluding tert-OH is 1. The van der Waals surface area contributed by atoms with Crippen LogP contribution in [0.2, 0.25) is 0 Å². The molecule has 0 saturated carbocycles. The van der Waals surface area contributed by atoms with Crippen molar-refractivity contribution in [3.8, 4) is 5.75 Å². The number of benzene rings is 2. The summed E-state index contributed by atoms with van der Waals surface area (Å²) in [5.41, 5.74) is 2.43. The van der Waals surface area contributed by atoms with Crippen LogP contribution < -0.4 is 20.3 Å². The molecular weight excluding hydrogens is 346 g/mol. The van der Waals surface area contributed by atoms with Crippen molar-refractivity contribution in [1.29, 1.82) is 0 Å². The highest BCUT2D eigenvalue weighted by Gasteiger charge is 2.16. The van der Waals surface area contributed by atoms with E-state index in [1.807, 2.05) is 43.3 Å². The zero-order chi connectivity index (χ0) is 19.8. The number of anilines is 1. The summed E-state index contributed by atoms with van der Waals surface area (Å²) in [6, 6.07) is 14.5. The van der Waals surface area contributed by atoms with Gasteiger partial charge in [0.2, 0.25) is 0 Å². The second-order valence-electron chi connectivity index (χ2n) is 6.21. The largest absolute Gasteiger partial charge is 0.496 e. The molecule has 0 bridgehead atoms. The topological polar surface area (TPSA) is 90.9 Å². The lowest BCUT2D eigenvalue weighted by Gasteiger charge is -2.15. The third-order valence-corrected chi connectivity index (χ3v) is 4.09. The summed E-state index contributed by atoms with van der Waals surface area (Å²) in [5.74, 6) is -0.931. The Morgan fingerprint density at radius 3 is 2.30 bits per heavy atom. The third kappa shape index (κ3) is 5.72. The highest BCUT2D eigenvalue weighted by molar-refractivity contribution is 6.35. The molecule has 0 spiro atoms. The van der Waals surface area contributed by atoms with E-state index >= 15 is 0 Å². The molecule has 2 aromatic rings. The van der Waals surface area contributed by atoms with Crippen molar-refractivity contribution in [1.82, 2.24) is 10.6 Å². The van der Waals surface area contributed by atoms with E-state index in [0.717, 1.165) is 11.3 Å². The van der Waals surface area contributed by atoms with Gasteiger partial charge in [-0.15, -0.1) is 0 Å². The zero-order valence-corrected chi connectivity index (χ0v) is 15.7. The van der Waals surface area contributed by atoms with E-state index in [9.17, 15) is 14.7 Å². The van der Waals surface area contributed by atoms with Crippen LogP contribution in [0.4, 0.5) is 5.69 Å². The first-order valence-electron chi connectivity index (χ1n) is 8.55. The molecule has 3 N–H and O–H groups in total. The number of nitrogens with zero attached hydrogens (tertiary/aromatic N) is 1. The molecule has 27 heavy (non-hydrogen) atoms. The number of para-hydroxylation sites is 1. The van der Waals surface area contributed by atoms with E-state index in [-0.39, 0.29) is 13.1 Å². The lowest BCUT2D eigenvalue weighted by Crippen LogP contribution is -2.41. The molecule has 2 amide bonds. The van der Waals surface area contributed by atoms with Crippen LogP contribution in [0.15, 0.2) is 48.5 Å². The standard InChI is InChI=1S/C20H25N3O4/c1-23(2)16-10-8-14(9-11-16)17(24)13-22-20(26)19(25)21-12-15-6-4-5-7-18(15)27-3/h4-11,17,24H,12-13H2,1-3H3,(H,21,25)(H,22,26)/t17-/m0/s1. The molecule has 7 nitrogen and oxygen atoms in total. The SMILES string of the molecule is COc1ccccc1CNC(=O)C(=O)NC[C@H](O)c1ccc(N(C)C)cc1. The van der Waals surface area contributed by atoms with Gasteiger partial charge in [0.05, 0.1) is 13.2 Å². The first-order valence-corrected chi connectivity index (χ1v) is 8.55. The van der Waals surface area contributed by atoms with Crippen molar-refractivity contribution < 1.29 is 19.4 Å². The van der Waals surface area contributed by atoms with E-state index in [0.29, 0.717) is 11.3 Å². The Kier molecular flexibility index (Phi) is 7.19. The number of hydrogen-bond acceptors (Lipinski definition) is 5. The first kappa shape index (κ1) is 20.3. The Hall–Kier alpha value is -3.06. The van der Waals surface area contributed by atoms with Crippen molar-refractivity contribution in [3.05, 3.63) is 59.7 Å². The normalized spacial score (nSPS) is 11.4. The molecule has 1 atom stereocenters. The molecule has 0 radical (unpaired) electrons. The summed E-state index contributed by atoms with van der Waals surface area (Å²) in [4.78, 5) is 25.8. The Morgan fingerprint density at radius 1 is 1.04 bits per heavy atom. The van der Waals surface area contributed by atoms with E-state index < -0.39 is 17.9 Å². The van der Waals surface area contributed by atoms with Crippen LogP contribution in [-0.2, 0) is 16.1 Å². The van der Waals surface area contributed by atoms with Gasteiger partial charge in [-0.1, -0.05) is 30.3 Å². The minimum absolute atomic E-state index is 0.0534. The number of methoxy groups -OCH3 is 1. The van der Waals surface area contributed by atoms with Crippen LogP contribution in [0.3, 0.4) is 0 Å². The molecule has 0 fully saturated rings. The van der Waals surface area contributed by atoms with Gasteiger partial charge in [0.25, 0.3) is 0 Å². The van der Waals surface area contributed by atoms with Crippen molar-refractivity contribution in [3.63, 3.8) is 0 Å². The van der Waals surface area contributed by atoms with Gasteiger partial charge in [0.1, 0.15) is 5.75 Å². The van der Waals surface area contributed by atoms with Crippen LogP contribution >= 0.6 is 0 Å². The van der Waals surface area contributed by atoms with Gasteiger partial charge < -0.3 is 25.4 Å². The molecule has 0 aromatic heterocycles. The van der Waals surface area contributed by atoms with E-state index in [1.54, 1.807) is 31.4 Å². The van der Waals surface area contributed by atoms with Crippen molar-refractivity contribution in [2.24, 2.45) is 0 Å². The Balaban J connectivity index is 1.82. The molecule has 144 valence electrons. The summed E-state index contributed by atoms with van der Waals surface area (Å²) in [6.45, 7) is 0.118. The fourth-order valence-corrected chi connectivity index (χ4v) is 2.49. The number of carbonyl (C=O) groups excluding carboxylic acids is 2. The molecular formula is C20H25N3O4. The molecule has 0 heterocycles. The molecule has 2 aromatic carbocycles. The Labute approximate surface area is 158 Å². The van der Waals surface area contributed by atoms with Crippen molar-refractivity contribution >= 4 is 17.5 Å². The van der Waals surface area contributed by atoms with Gasteiger partial charge in [0.15, 0.2) is 0 Å². The predicted octanol–water partition coefficient (Wildman–Crippen LogP) is 1.23. The summed E-state index contributed by atoms with van der Waals surface area (Å²) in [6.07, 6.45) is -0.896. The lowest BCUT2D eigenvalue weighted by molar-refractivity contribution is -0.139. The maximum Gasteiger partial charge on any atom is 0.309 e. The Morgan fingerprint density at radius 2 is 1.67 bits per heavy atom. The van der Waals surface area contributed by atoms with E-state index in [4.69, 9.17) is 4.74 Å². The summed E-state index contributed by atoms with van der Waals surface area (Å²) < 4.78 is 5.20. The maximum atomic E-state index is 11.9. The molecule has 0 saturated heterocycles. The zero-order valence-electron chi connectivity index (χ0n) is 15.7. The van der Waals surface area contributed by atoms with Gasteiger partial charge in [-0.3, -0.25) is 9.59 Å². The van der Waals surface area contributed by atoms with E-state index in [2.05, 4.69) is 10.6 Å². The fourth-order valence-electron chi connectivity index (χ4n) is 2.49. The second-order valence-corrected chi connectivity index (χ2v) is 6.21. The number of hydrogen-bond donors (Lipinski definition) is 3. The minimum Gasteiger partial charge on any atom is -0.496 e. The average molecular weight is 371 g/mol. The van der Waals surface area contributed by atoms with Crippen molar-refractivity contribution in [2.75, 3.05) is 32.6 Å². The number of ether oxygens (including phenoxy) is 1. The Bertz CT molecular complexity index is 775. The van der Waals surface area contributed by atoms with E-state index in [1.165, 1.54) is 0 Å². The highest BCUT2D eigenvalue weighted by Crippen LogP contribution is 2.18. The van der Waals surface area contributed by atoms with Gasteiger partial charge in [0, 0.05) is 38.4 Å². The fraction of sp³-hybridized carbons (Fsp3) is 0.300. The van der Waals surface area contributed by atoms with Crippen LogP contribution in [0.5, 0.6) is 5.75 Å². The van der Waals surface area contributed by atoms with Gasteiger partial charge in [-0.25, -0.2) is 0 Å². The molecule has 2 rings (SSSR count). The first-order chi connectivity index (χ1) is 12.9. The van der Waals surface area contributed by atoms with Crippen molar-refractivity contribution in [2.45, 2.75) is 12.6 Å². The number of rotatable bonds is 7. The highest BCUT2D eigenvalue weighted by atomic mass is 16.5. The molecule has 0 aliphatic rings. The summed E-state index contributed by atoms with van der Waals surface area (Å²) in [7, 11) is 5.39. The van der Waals surface area contributed by atoms with Crippen LogP contribution in [0.1, 0.15) is 17.2 Å². The molecule has 0 aliphatic heterocycles. The average Bonchev–Trinajstić information content (AvgIpc) is 2.70. The summed E-state index contributed by atoms with van der Waals surface area (Å²) in [5, 5.41) is 15.2. The molecule has 0 aliphatic carbocycles. The van der Waals surface area contributed by atoms with Crippen LogP contribution in [-0.4, -0.2) is 44.7 Å². The predicted molar refractivity (Wildman–Crippen MR) is 104 cm³/mol. The van der Waals surface area contributed by atoms with Gasteiger partial charge in [-0.2, -0.15) is 0 Å². The number of carbonyl (C=O) groups is 2. The minimum atomic E-state index is -0.896. The number of amides is 2. The number of aliphatic hydroxyl groups is 1. The second kappa shape index (κ2) is 9.59. The maximum absolute atomic E-state index is 11.9. The smallest absolute Gasteiger partial charge is 0.309 e. The van der Waals surface area contributed by atoms with Crippen LogP contribution in [0.25, 0.3) is 0 Å².